The molecule has 0 spiro atoms. The van der Waals surface area contributed by atoms with E-state index in [1.54, 1.807) is 18.4 Å². The number of hydrogen-bond donors (Lipinski definition) is 1. The van der Waals surface area contributed by atoms with Gasteiger partial charge in [-0.05, 0) is 24.1 Å². The summed E-state index contributed by atoms with van der Waals surface area (Å²) < 4.78 is 5.48. The van der Waals surface area contributed by atoms with E-state index in [2.05, 4.69) is 0 Å². The van der Waals surface area contributed by atoms with Crippen molar-refractivity contribution < 1.29 is 4.74 Å². The third-order valence-electron chi connectivity index (χ3n) is 2.95. The van der Waals surface area contributed by atoms with Crippen LogP contribution in [0.2, 0.25) is 0 Å². The molecule has 2 rings (SSSR count). The first-order valence-electron chi connectivity index (χ1n) is 6.12. The first-order chi connectivity index (χ1) is 9.76. The summed E-state index contributed by atoms with van der Waals surface area (Å²) in [6.07, 6.45) is 5.03. The van der Waals surface area contributed by atoms with Crippen LogP contribution in [0.3, 0.4) is 0 Å². The Morgan fingerprint density at radius 1 is 1.25 bits per heavy atom. The van der Waals surface area contributed by atoms with E-state index >= 15 is 0 Å². The van der Waals surface area contributed by atoms with Gasteiger partial charge in [0.15, 0.2) is 6.10 Å². The number of hydrogen-bond acceptors (Lipinski definition) is 4. The lowest BCUT2D eigenvalue weighted by Gasteiger charge is -2.23. The van der Waals surface area contributed by atoms with Crippen molar-refractivity contribution in [3.63, 3.8) is 0 Å². The molecule has 0 aliphatic carbocycles. The van der Waals surface area contributed by atoms with Gasteiger partial charge in [-0.2, -0.15) is 10.5 Å². The minimum absolute atomic E-state index is 0.0590. The molecule has 0 saturated heterocycles. The Hall–Kier alpha value is -2.98. The van der Waals surface area contributed by atoms with Crippen molar-refractivity contribution in [2.75, 3.05) is 0 Å². The van der Waals surface area contributed by atoms with Gasteiger partial charge < -0.3 is 10.5 Å². The molecule has 98 valence electrons. The van der Waals surface area contributed by atoms with Crippen LogP contribution in [0.5, 0.6) is 0 Å². The number of allylic oxidation sites excluding steroid dienone is 2. The van der Waals surface area contributed by atoms with E-state index in [0.29, 0.717) is 17.7 Å². The maximum atomic E-state index is 9.00. The van der Waals surface area contributed by atoms with Gasteiger partial charge in [-0.15, -0.1) is 0 Å². The largest absolute Gasteiger partial charge is 0.488 e. The van der Waals surface area contributed by atoms with E-state index < -0.39 is 6.10 Å². The molecule has 0 saturated carbocycles. The Morgan fingerprint density at radius 3 is 2.60 bits per heavy atom. The average Bonchev–Trinajstić information content (AvgIpc) is 2.50. The SMILES string of the molecule is N#CC(C#N)=C1CC=COC1C(N)=Cc1ccccc1. The smallest absolute Gasteiger partial charge is 0.161 e. The minimum Gasteiger partial charge on any atom is -0.488 e. The summed E-state index contributed by atoms with van der Waals surface area (Å²) in [7, 11) is 0. The van der Waals surface area contributed by atoms with Gasteiger partial charge in [0, 0.05) is 5.57 Å². The fourth-order valence-electron chi connectivity index (χ4n) is 2.00. The van der Waals surface area contributed by atoms with Gasteiger partial charge in [-0.3, -0.25) is 0 Å². The molecule has 0 aromatic heterocycles. The molecule has 1 aliphatic heterocycles. The highest BCUT2D eigenvalue weighted by molar-refractivity contribution is 5.56. The third kappa shape index (κ3) is 2.88. The second-order valence-corrected chi connectivity index (χ2v) is 4.27. The monoisotopic (exact) mass is 263 g/mol. The first kappa shape index (κ1) is 13.5. The van der Waals surface area contributed by atoms with Gasteiger partial charge in [0.2, 0.25) is 0 Å². The Bertz CT molecular complexity index is 641. The number of nitrogens with two attached hydrogens (primary N) is 1. The number of rotatable bonds is 2. The molecule has 0 fully saturated rings. The third-order valence-corrected chi connectivity index (χ3v) is 2.95. The summed E-state index contributed by atoms with van der Waals surface area (Å²) in [6, 6.07) is 13.4. The molecule has 0 radical (unpaired) electrons. The van der Waals surface area contributed by atoms with Crippen molar-refractivity contribution in [2.45, 2.75) is 12.5 Å². The Balaban J connectivity index is 2.38. The summed E-state index contributed by atoms with van der Waals surface area (Å²) in [6.45, 7) is 0. The van der Waals surface area contributed by atoms with Crippen LogP contribution < -0.4 is 5.73 Å². The van der Waals surface area contributed by atoms with Gasteiger partial charge >= 0.3 is 0 Å². The van der Waals surface area contributed by atoms with Crippen LogP contribution in [-0.2, 0) is 4.74 Å². The molecule has 0 amide bonds. The lowest BCUT2D eigenvalue weighted by Crippen LogP contribution is -2.25. The maximum absolute atomic E-state index is 9.00. The Labute approximate surface area is 117 Å². The molecule has 2 N–H and O–H groups in total. The highest BCUT2D eigenvalue weighted by Gasteiger charge is 2.23. The molecule has 0 bridgehead atoms. The second kappa shape index (κ2) is 6.26. The summed E-state index contributed by atoms with van der Waals surface area (Å²) in [5.74, 6) is 0. The number of nitrogens with zero attached hydrogens (tertiary/aromatic N) is 2. The standard InChI is InChI=1S/C16H13N3O/c17-10-13(11-18)14-7-4-8-20-16(14)15(19)9-12-5-2-1-3-6-12/h1-6,8-9,16H,7,19H2. The van der Waals surface area contributed by atoms with Gasteiger partial charge in [0.1, 0.15) is 17.7 Å². The topological polar surface area (TPSA) is 82.8 Å². The molecule has 1 atom stereocenters. The molecule has 4 nitrogen and oxygen atoms in total. The maximum Gasteiger partial charge on any atom is 0.161 e. The number of nitriles is 2. The summed E-state index contributed by atoms with van der Waals surface area (Å²) in [5.41, 5.74) is 8.14. The summed E-state index contributed by atoms with van der Waals surface area (Å²) >= 11 is 0. The molecular weight excluding hydrogens is 250 g/mol. The van der Waals surface area contributed by atoms with E-state index in [-0.39, 0.29) is 5.57 Å². The second-order valence-electron chi connectivity index (χ2n) is 4.27. The van der Waals surface area contributed by atoms with Crippen molar-refractivity contribution in [3.8, 4) is 12.1 Å². The fraction of sp³-hybridized carbons (Fsp3) is 0.125. The zero-order valence-corrected chi connectivity index (χ0v) is 10.8. The molecule has 1 unspecified atom stereocenters. The van der Waals surface area contributed by atoms with Crippen LogP contribution in [-0.4, -0.2) is 6.10 Å². The normalized spacial score (nSPS) is 17.8. The highest BCUT2D eigenvalue weighted by atomic mass is 16.5. The zero-order chi connectivity index (χ0) is 14.4. The number of benzene rings is 1. The van der Waals surface area contributed by atoms with E-state index in [0.717, 1.165) is 5.56 Å². The van der Waals surface area contributed by atoms with Crippen LogP contribution in [0.1, 0.15) is 12.0 Å². The molecule has 1 heterocycles. The zero-order valence-electron chi connectivity index (χ0n) is 10.8. The number of ether oxygens (including phenoxy) is 1. The Morgan fingerprint density at radius 2 is 1.95 bits per heavy atom. The molecule has 4 heteroatoms. The van der Waals surface area contributed by atoms with Crippen molar-refractivity contribution in [1.82, 2.24) is 0 Å². The van der Waals surface area contributed by atoms with E-state index in [4.69, 9.17) is 21.0 Å². The van der Waals surface area contributed by atoms with Gasteiger partial charge in [-0.25, -0.2) is 0 Å². The highest BCUT2D eigenvalue weighted by Crippen LogP contribution is 2.25. The molecule has 20 heavy (non-hydrogen) atoms. The van der Waals surface area contributed by atoms with Crippen molar-refractivity contribution in [2.24, 2.45) is 5.73 Å². The lowest BCUT2D eigenvalue weighted by atomic mass is 9.96. The minimum atomic E-state index is -0.561. The molecule has 1 aromatic carbocycles. The van der Waals surface area contributed by atoms with Crippen LogP contribution in [0.15, 0.2) is 59.5 Å². The van der Waals surface area contributed by atoms with Gasteiger partial charge in [0.05, 0.1) is 12.0 Å². The van der Waals surface area contributed by atoms with Crippen molar-refractivity contribution in [3.05, 3.63) is 65.1 Å². The van der Waals surface area contributed by atoms with Crippen molar-refractivity contribution >= 4 is 6.08 Å². The van der Waals surface area contributed by atoms with Crippen LogP contribution in [0.4, 0.5) is 0 Å². The predicted octanol–water partition coefficient (Wildman–Crippen LogP) is 2.63. The van der Waals surface area contributed by atoms with Gasteiger partial charge in [-0.1, -0.05) is 30.3 Å². The van der Waals surface area contributed by atoms with Crippen LogP contribution in [0, 0.1) is 22.7 Å². The van der Waals surface area contributed by atoms with Crippen LogP contribution in [0.25, 0.3) is 6.08 Å². The summed E-state index contributed by atoms with van der Waals surface area (Å²) in [5, 5.41) is 18.0. The van der Waals surface area contributed by atoms with E-state index in [9.17, 15) is 0 Å². The first-order valence-corrected chi connectivity index (χ1v) is 6.12. The van der Waals surface area contributed by atoms with Crippen molar-refractivity contribution in [1.29, 1.82) is 10.5 Å². The fourth-order valence-corrected chi connectivity index (χ4v) is 2.00. The summed E-state index contributed by atoms with van der Waals surface area (Å²) in [4.78, 5) is 0. The van der Waals surface area contributed by atoms with E-state index in [1.807, 2.05) is 42.5 Å². The average molecular weight is 263 g/mol. The van der Waals surface area contributed by atoms with E-state index in [1.165, 1.54) is 0 Å². The van der Waals surface area contributed by atoms with Crippen LogP contribution >= 0.6 is 0 Å². The lowest BCUT2D eigenvalue weighted by molar-refractivity contribution is 0.194. The predicted molar refractivity (Wildman–Crippen MR) is 75.5 cm³/mol. The molecular formula is C16H13N3O. The Kier molecular flexibility index (Phi) is 4.21. The quantitative estimate of drug-likeness (QED) is 0.831. The molecule has 1 aromatic rings. The molecule has 1 aliphatic rings. The van der Waals surface area contributed by atoms with Gasteiger partial charge in [0.25, 0.3) is 0 Å².